The summed E-state index contributed by atoms with van der Waals surface area (Å²) in [5.74, 6) is 1.31. The number of aromatic nitrogens is 2. The number of nitrogens with zero attached hydrogens (tertiary/aromatic N) is 3. The van der Waals surface area contributed by atoms with Crippen molar-refractivity contribution in [3.05, 3.63) is 18.0 Å². The lowest BCUT2D eigenvalue weighted by atomic mass is 9.99. The first-order chi connectivity index (χ1) is 9.35. The van der Waals surface area contributed by atoms with Crippen LogP contribution in [0.5, 0.6) is 0 Å². The van der Waals surface area contributed by atoms with Crippen LogP contribution < -0.4 is 5.32 Å². The third-order valence-corrected chi connectivity index (χ3v) is 3.46. The van der Waals surface area contributed by atoms with Crippen molar-refractivity contribution in [2.75, 3.05) is 18.4 Å². The Morgan fingerprint density at radius 1 is 1.25 bits per heavy atom. The molecule has 20 heavy (non-hydrogen) atoms. The molecule has 110 valence electrons. The van der Waals surface area contributed by atoms with Gasteiger partial charge in [-0.3, -0.25) is 4.79 Å². The molecule has 2 rings (SSSR count). The second kappa shape index (κ2) is 5.77. The molecule has 0 aromatic carbocycles. The Labute approximate surface area is 120 Å². The molecule has 1 N–H and O–H groups in total. The Kier molecular flexibility index (Phi) is 4.26. The largest absolute Gasteiger partial charge is 0.350 e. The Morgan fingerprint density at radius 2 is 1.80 bits per heavy atom. The van der Waals surface area contributed by atoms with Gasteiger partial charge in [0, 0.05) is 31.0 Å². The van der Waals surface area contributed by atoms with Gasteiger partial charge in [-0.1, -0.05) is 6.92 Å². The van der Waals surface area contributed by atoms with Crippen molar-refractivity contribution < 1.29 is 4.79 Å². The highest BCUT2D eigenvalue weighted by Gasteiger charge is 2.22. The molecular formula is C15H24N4O. The van der Waals surface area contributed by atoms with E-state index in [0.717, 1.165) is 25.9 Å². The molecule has 0 spiro atoms. The van der Waals surface area contributed by atoms with Gasteiger partial charge < -0.3 is 10.2 Å². The maximum atomic E-state index is 12.3. The van der Waals surface area contributed by atoms with Crippen LogP contribution in [0.1, 0.15) is 50.9 Å². The first-order valence-corrected chi connectivity index (χ1v) is 7.24. The number of anilines is 1. The third-order valence-electron chi connectivity index (χ3n) is 3.46. The number of piperidine rings is 1. The smallest absolute Gasteiger partial charge is 0.256 e. The minimum Gasteiger partial charge on any atom is -0.350 e. The van der Waals surface area contributed by atoms with Crippen molar-refractivity contribution in [2.45, 2.75) is 46.1 Å². The van der Waals surface area contributed by atoms with Gasteiger partial charge >= 0.3 is 0 Å². The van der Waals surface area contributed by atoms with Crippen molar-refractivity contribution in [3.63, 3.8) is 0 Å². The lowest BCUT2D eigenvalue weighted by Gasteiger charge is -2.30. The third kappa shape index (κ3) is 3.92. The summed E-state index contributed by atoms with van der Waals surface area (Å²) in [5.41, 5.74) is 0.480. The van der Waals surface area contributed by atoms with Crippen LogP contribution in [0.25, 0.3) is 0 Å². The number of rotatable bonds is 2. The second-order valence-electron chi connectivity index (χ2n) is 6.65. The number of nitrogens with one attached hydrogen (secondary N) is 1. The first-order valence-electron chi connectivity index (χ1n) is 7.24. The summed E-state index contributed by atoms with van der Waals surface area (Å²) < 4.78 is 0. The van der Waals surface area contributed by atoms with Crippen LogP contribution in [0, 0.1) is 5.92 Å². The van der Waals surface area contributed by atoms with Crippen LogP contribution in [-0.4, -0.2) is 39.4 Å². The van der Waals surface area contributed by atoms with E-state index >= 15 is 0 Å². The number of likely N-dealkylation sites (tertiary alicyclic amines) is 1. The van der Waals surface area contributed by atoms with Crippen LogP contribution in [0.15, 0.2) is 12.4 Å². The van der Waals surface area contributed by atoms with Gasteiger partial charge in [-0.05, 0) is 39.5 Å². The predicted molar refractivity (Wildman–Crippen MR) is 79.7 cm³/mol. The zero-order chi connectivity index (χ0) is 14.8. The molecule has 1 aliphatic heterocycles. The lowest BCUT2D eigenvalue weighted by Crippen LogP contribution is -2.38. The number of amides is 1. The average Bonchev–Trinajstić information content (AvgIpc) is 2.38. The van der Waals surface area contributed by atoms with Gasteiger partial charge in [0.05, 0.1) is 5.56 Å². The van der Waals surface area contributed by atoms with Gasteiger partial charge in [-0.2, -0.15) is 0 Å². The minimum atomic E-state index is -0.0888. The Balaban J connectivity index is 2.00. The van der Waals surface area contributed by atoms with Gasteiger partial charge in [-0.25, -0.2) is 9.97 Å². The van der Waals surface area contributed by atoms with E-state index < -0.39 is 0 Å². The van der Waals surface area contributed by atoms with Gasteiger partial charge in [-0.15, -0.1) is 0 Å². The van der Waals surface area contributed by atoms with E-state index in [-0.39, 0.29) is 11.4 Å². The molecule has 0 atom stereocenters. The van der Waals surface area contributed by atoms with E-state index in [1.807, 2.05) is 25.7 Å². The molecule has 0 aliphatic carbocycles. The maximum absolute atomic E-state index is 12.3. The van der Waals surface area contributed by atoms with Crippen LogP contribution in [0.4, 0.5) is 5.95 Å². The summed E-state index contributed by atoms with van der Waals surface area (Å²) in [4.78, 5) is 22.7. The molecule has 2 heterocycles. The van der Waals surface area contributed by atoms with Gasteiger partial charge in [0.15, 0.2) is 0 Å². The molecule has 0 saturated carbocycles. The van der Waals surface area contributed by atoms with Crippen LogP contribution in [-0.2, 0) is 0 Å². The summed E-state index contributed by atoms with van der Waals surface area (Å²) in [5, 5.41) is 3.19. The highest BCUT2D eigenvalue weighted by atomic mass is 16.2. The fourth-order valence-corrected chi connectivity index (χ4v) is 2.23. The monoisotopic (exact) mass is 276 g/mol. The molecule has 0 radical (unpaired) electrons. The molecule has 0 unspecified atom stereocenters. The molecule has 5 heteroatoms. The number of hydrogen-bond acceptors (Lipinski definition) is 4. The van der Waals surface area contributed by atoms with E-state index in [4.69, 9.17) is 0 Å². The topological polar surface area (TPSA) is 58.1 Å². The van der Waals surface area contributed by atoms with Gasteiger partial charge in [0.25, 0.3) is 5.91 Å². The van der Waals surface area contributed by atoms with Gasteiger partial charge in [0.1, 0.15) is 0 Å². The van der Waals surface area contributed by atoms with E-state index in [2.05, 4.69) is 22.2 Å². The van der Waals surface area contributed by atoms with E-state index in [1.54, 1.807) is 12.4 Å². The Bertz CT molecular complexity index is 456. The van der Waals surface area contributed by atoms with E-state index in [1.165, 1.54) is 0 Å². The summed E-state index contributed by atoms with van der Waals surface area (Å²) in [6, 6.07) is 0. The summed E-state index contributed by atoms with van der Waals surface area (Å²) in [6.07, 6.45) is 5.38. The zero-order valence-corrected chi connectivity index (χ0v) is 12.8. The molecular weight excluding hydrogens is 252 g/mol. The quantitative estimate of drug-likeness (QED) is 0.902. The minimum absolute atomic E-state index is 0.0409. The van der Waals surface area contributed by atoms with E-state index in [0.29, 0.717) is 17.4 Å². The van der Waals surface area contributed by atoms with Crippen LogP contribution >= 0.6 is 0 Å². The Hall–Kier alpha value is -1.65. The lowest BCUT2D eigenvalue weighted by molar-refractivity contribution is 0.0696. The summed E-state index contributed by atoms with van der Waals surface area (Å²) in [7, 11) is 0. The highest BCUT2D eigenvalue weighted by molar-refractivity contribution is 5.93. The van der Waals surface area contributed by atoms with Crippen molar-refractivity contribution in [2.24, 2.45) is 5.92 Å². The summed E-state index contributed by atoms with van der Waals surface area (Å²) >= 11 is 0. The first kappa shape index (κ1) is 14.8. The number of carbonyl (C=O) groups excluding carboxylic acids is 1. The zero-order valence-electron chi connectivity index (χ0n) is 12.8. The molecule has 1 saturated heterocycles. The SMILES string of the molecule is CC1CCN(C(=O)c2cnc(NC(C)(C)C)nc2)CC1. The van der Waals surface area contributed by atoms with Crippen molar-refractivity contribution in [3.8, 4) is 0 Å². The number of carbonyl (C=O) groups is 1. The molecule has 0 bridgehead atoms. The maximum Gasteiger partial charge on any atom is 0.256 e. The van der Waals surface area contributed by atoms with Crippen molar-refractivity contribution in [1.82, 2.24) is 14.9 Å². The number of hydrogen-bond donors (Lipinski definition) is 1. The molecule has 5 nitrogen and oxygen atoms in total. The van der Waals surface area contributed by atoms with Crippen molar-refractivity contribution >= 4 is 11.9 Å². The average molecular weight is 276 g/mol. The van der Waals surface area contributed by atoms with Crippen molar-refractivity contribution in [1.29, 1.82) is 0 Å². The van der Waals surface area contributed by atoms with Crippen LogP contribution in [0.2, 0.25) is 0 Å². The molecule has 1 fully saturated rings. The standard InChI is InChI=1S/C15H24N4O/c1-11-5-7-19(8-6-11)13(20)12-9-16-14(17-10-12)18-15(2,3)4/h9-11H,5-8H2,1-4H3,(H,16,17,18). The van der Waals surface area contributed by atoms with E-state index in [9.17, 15) is 4.79 Å². The molecule has 1 aromatic heterocycles. The highest BCUT2D eigenvalue weighted by Crippen LogP contribution is 2.18. The van der Waals surface area contributed by atoms with Crippen LogP contribution in [0.3, 0.4) is 0 Å². The van der Waals surface area contributed by atoms with Gasteiger partial charge in [0.2, 0.25) is 5.95 Å². The Morgan fingerprint density at radius 3 is 2.30 bits per heavy atom. The molecule has 1 amide bonds. The molecule has 1 aliphatic rings. The molecule has 1 aromatic rings. The predicted octanol–water partition coefficient (Wildman–Crippen LogP) is 2.56. The second-order valence-corrected chi connectivity index (χ2v) is 6.65. The normalized spacial score (nSPS) is 17.1. The fraction of sp³-hybridized carbons (Fsp3) is 0.667. The summed E-state index contributed by atoms with van der Waals surface area (Å²) in [6.45, 7) is 10.0. The fourth-order valence-electron chi connectivity index (χ4n) is 2.23.